The van der Waals surface area contributed by atoms with Crippen molar-refractivity contribution in [3.63, 3.8) is 0 Å². The lowest BCUT2D eigenvalue weighted by molar-refractivity contribution is 0.00381. The summed E-state index contributed by atoms with van der Waals surface area (Å²) in [5.41, 5.74) is 3.25. The Balaban J connectivity index is 1.18. The average Bonchev–Trinajstić information content (AvgIpc) is 2.83. The number of carbonyl (C=O) groups is 1. The largest absolute Gasteiger partial charge is 0.511 e. The van der Waals surface area contributed by atoms with Gasteiger partial charge in [0.25, 0.3) is 0 Å². The van der Waals surface area contributed by atoms with Gasteiger partial charge in [-0.25, -0.2) is 4.79 Å². The summed E-state index contributed by atoms with van der Waals surface area (Å²) in [6, 6.07) is 7.09. The molecule has 0 unspecified atom stereocenters. The normalized spacial score (nSPS) is 25.6. The second-order valence-electron chi connectivity index (χ2n) is 10.3. The highest BCUT2D eigenvalue weighted by molar-refractivity contribution is 5.59. The Morgan fingerprint density at radius 3 is 2.70 bits per heavy atom. The zero-order valence-electron chi connectivity index (χ0n) is 20.5. The van der Waals surface area contributed by atoms with E-state index in [2.05, 4.69) is 24.4 Å². The lowest BCUT2D eigenvalue weighted by atomic mass is 9.53. The molecular weight excluding hydrogens is 414 g/mol. The van der Waals surface area contributed by atoms with Gasteiger partial charge in [-0.05, 0) is 67.8 Å². The molecule has 0 amide bonds. The molecule has 5 nitrogen and oxygen atoms in total. The minimum Gasteiger partial charge on any atom is -0.457 e. The SMILES string of the molecule is CCCCCCCCCCOC(=O)OCOc1ccc2c(c1)[C@]13CCCC[C@@H]1[C@H](C2)NCC3. The molecule has 3 aliphatic rings. The molecule has 1 heterocycles. The highest BCUT2D eigenvalue weighted by Gasteiger charge is 2.51. The second kappa shape index (κ2) is 12.1. The number of fused-ring (bicyclic) bond motifs is 1. The first-order chi connectivity index (χ1) is 16.2. The van der Waals surface area contributed by atoms with E-state index < -0.39 is 6.16 Å². The number of hydrogen-bond acceptors (Lipinski definition) is 5. The average molecular weight is 458 g/mol. The molecule has 3 atom stereocenters. The molecule has 1 aliphatic heterocycles. The molecule has 1 saturated carbocycles. The third kappa shape index (κ3) is 6.03. The fraction of sp³-hybridized carbons (Fsp3) is 0.750. The molecule has 1 N–H and O–H groups in total. The van der Waals surface area contributed by atoms with Crippen LogP contribution in [0.1, 0.15) is 102 Å². The van der Waals surface area contributed by atoms with Gasteiger partial charge in [0.2, 0.25) is 6.79 Å². The van der Waals surface area contributed by atoms with Crippen molar-refractivity contribution in [2.45, 2.75) is 108 Å². The summed E-state index contributed by atoms with van der Waals surface area (Å²) in [4.78, 5) is 11.9. The van der Waals surface area contributed by atoms with E-state index in [1.807, 2.05) is 6.07 Å². The van der Waals surface area contributed by atoms with Crippen molar-refractivity contribution in [3.05, 3.63) is 29.3 Å². The van der Waals surface area contributed by atoms with Crippen LogP contribution >= 0.6 is 0 Å². The topological polar surface area (TPSA) is 56.8 Å². The molecule has 33 heavy (non-hydrogen) atoms. The van der Waals surface area contributed by atoms with E-state index in [4.69, 9.17) is 14.2 Å². The van der Waals surface area contributed by atoms with Crippen LogP contribution in [0.5, 0.6) is 5.75 Å². The van der Waals surface area contributed by atoms with E-state index >= 15 is 0 Å². The Labute approximate surface area is 199 Å². The molecule has 2 aliphatic carbocycles. The summed E-state index contributed by atoms with van der Waals surface area (Å²) in [6.07, 6.45) is 16.7. The monoisotopic (exact) mass is 457 g/mol. The third-order valence-electron chi connectivity index (χ3n) is 8.24. The van der Waals surface area contributed by atoms with Gasteiger partial charge in [0, 0.05) is 11.5 Å². The van der Waals surface area contributed by atoms with Gasteiger partial charge >= 0.3 is 6.16 Å². The Morgan fingerprint density at radius 2 is 1.85 bits per heavy atom. The summed E-state index contributed by atoms with van der Waals surface area (Å²) >= 11 is 0. The first kappa shape index (κ1) is 24.4. The van der Waals surface area contributed by atoms with Crippen LogP contribution in [0.25, 0.3) is 0 Å². The number of rotatable bonds is 12. The zero-order valence-corrected chi connectivity index (χ0v) is 20.5. The van der Waals surface area contributed by atoms with E-state index in [-0.39, 0.29) is 6.79 Å². The molecule has 184 valence electrons. The van der Waals surface area contributed by atoms with Crippen molar-refractivity contribution >= 4 is 6.16 Å². The summed E-state index contributed by atoms with van der Waals surface area (Å²) in [7, 11) is 0. The summed E-state index contributed by atoms with van der Waals surface area (Å²) < 4.78 is 16.2. The second-order valence-corrected chi connectivity index (χ2v) is 10.3. The highest BCUT2D eigenvalue weighted by atomic mass is 16.8. The number of nitrogens with one attached hydrogen (secondary N) is 1. The highest BCUT2D eigenvalue weighted by Crippen LogP contribution is 2.54. The maximum atomic E-state index is 11.9. The molecule has 1 saturated heterocycles. The van der Waals surface area contributed by atoms with E-state index in [0.29, 0.717) is 18.1 Å². The van der Waals surface area contributed by atoms with Gasteiger partial charge in [0.1, 0.15) is 5.75 Å². The molecule has 5 heteroatoms. The van der Waals surface area contributed by atoms with Crippen LogP contribution in [-0.2, 0) is 21.3 Å². The first-order valence-electron chi connectivity index (χ1n) is 13.5. The van der Waals surface area contributed by atoms with Gasteiger partial charge in [-0.3, -0.25) is 0 Å². The standard InChI is InChI=1S/C28H43NO4/c1-2-3-4-5-6-7-8-11-18-31-27(30)33-21-32-23-14-13-22-19-26-24-12-9-10-15-28(24,16-17-29-26)25(22)20-23/h13-14,20,24,26,29H,2-12,15-19,21H2,1H3/t24-,26+,28+/m1/s1. The van der Waals surface area contributed by atoms with Crippen molar-refractivity contribution < 1.29 is 19.0 Å². The van der Waals surface area contributed by atoms with Crippen LogP contribution in [0, 0.1) is 5.92 Å². The number of benzene rings is 1. The van der Waals surface area contributed by atoms with E-state index in [9.17, 15) is 4.79 Å². The lowest BCUT2D eigenvalue weighted by Crippen LogP contribution is -2.59. The van der Waals surface area contributed by atoms with Gasteiger partial charge in [-0.1, -0.05) is 70.8 Å². The van der Waals surface area contributed by atoms with Gasteiger partial charge in [0.05, 0.1) is 6.61 Å². The number of hydrogen-bond donors (Lipinski definition) is 1. The van der Waals surface area contributed by atoms with Crippen LogP contribution in [0.15, 0.2) is 18.2 Å². The van der Waals surface area contributed by atoms with Gasteiger partial charge < -0.3 is 19.5 Å². The van der Waals surface area contributed by atoms with Crippen LogP contribution in [0.2, 0.25) is 0 Å². The van der Waals surface area contributed by atoms with Crippen molar-refractivity contribution in [1.29, 1.82) is 0 Å². The Morgan fingerprint density at radius 1 is 1.03 bits per heavy atom. The summed E-state index contributed by atoms with van der Waals surface area (Å²) in [5, 5.41) is 3.78. The fourth-order valence-corrected chi connectivity index (χ4v) is 6.57. The van der Waals surface area contributed by atoms with Crippen LogP contribution in [0.4, 0.5) is 4.79 Å². The van der Waals surface area contributed by atoms with Crippen molar-refractivity contribution in [2.24, 2.45) is 5.92 Å². The van der Waals surface area contributed by atoms with Crippen molar-refractivity contribution in [3.8, 4) is 5.75 Å². The van der Waals surface area contributed by atoms with E-state index in [1.54, 1.807) is 0 Å². The predicted octanol–water partition coefficient (Wildman–Crippen LogP) is 6.66. The summed E-state index contributed by atoms with van der Waals surface area (Å²) in [5.74, 6) is 1.53. The van der Waals surface area contributed by atoms with Crippen LogP contribution < -0.4 is 10.1 Å². The molecule has 0 spiro atoms. The first-order valence-corrected chi connectivity index (χ1v) is 13.5. The Bertz CT molecular complexity index is 762. The maximum Gasteiger partial charge on any atom is 0.511 e. The smallest absolute Gasteiger partial charge is 0.457 e. The number of unbranched alkanes of at least 4 members (excludes halogenated alkanes) is 7. The Kier molecular flexibility index (Phi) is 8.94. The molecule has 0 aromatic heterocycles. The predicted molar refractivity (Wildman–Crippen MR) is 131 cm³/mol. The molecule has 1 aromatic carbocycles. The van der Waals surface area contributed by atoms with Crippen molar-refractivity contribution in [1.82, 2.24) is 5.32 Å². The van der Waals surface area contributed by atoms with E-state index in [1.165, 1.54) is 81.8 Å². The Hall–Kier alpha value is -1.75. The van der Waals surface area contributed by atoms with Crippen LogP contribution in [0.3, 0.4) is 0 Å². The number of ether oxygens (including phenoxy) is 3. The molecule has 2 fully saturated rings. The van der Waals surface area contributed by atoms with E-state index in [0.717, 1.165) is 37.5 Å². The van der Waals surface area contributed by atoms with Crippen LogP contribution in [-0.4, -0.2) is 32.1 Å². The fourth-order valence-electron chi connectivity index (χ4n) is 6.57. The molecule has 1 aromatic rings. The molecule has 2 bridgehead atoms. The van der Waals surface area contributed by atoms with Gasteiger partial charge in [0.15, 0.2) is 0 Å². The lowest BCUT2D eigenvalue weighted by Gasteiger charge is -2.56. The summed E-state index contributed by atoms with van der Waals surface area (Å²) in [6.45, 7) is 3.67. The minimum atomic E-state index is -0.636. The third-order valence-corrected chi connectivity index (χ3v) is 8.24. The zero-order chi connectivity index (χ0) is 22.9. The van der Waals surface area contributed by atoms with Gasteiger partial charge in [-0.2, -0.15) is 0 Å². The quantitative estimate of drug-likeness (QED) is 0.216. The molecular formula is C28H43NO4. The molecule has 0 radical (unpaired) electrons. The van der Waals surface area contributed by atoms with Gasteiger partial charge in [-0.15, -0.1) is 0 Å². The van der Waals surface area contributed by atoms with Crippen molar-refractivity contribution in [2.75, 3.05) is 19.9 Å². The minimum absolute atomic E-state index is 0.102. The number of piperidine rings is 1. The molecule has 4 rings (SSSR count). The number of carbonyl (C=O) groups excluding carboxylic acids is 1. The maximum absolute atomic E-state index is 11.9.